The Balaban J connectivity index is 1.45. The second-order valence-corrected chi connectivity index (χ2v) is 6.49. The predicted octanol–water partition coefficient (Wildman–Crippen LogP) is 1.73. The molecule has 3 aliphatic heterocycles. The zero-order valence-corrected chi connectivity index (χ0v) is 14.3. The molecule has 0 N–H and O–H groups in total. The van der Waals surface area contributed by atoms with Crippen molar-refractivity contribution in [2.45, 2.75) is 12.5 Å². The highest BCUT2D eigenvalue weighted by atomic mass is 19.1. The fourth-order valence-corrected chi connectivity index (χ4v) is 3.42. The van der Waals surface area contributed by atoms with Crippen LogP contribution < -0.4 is 9.80 Å². The molecule has 8 heteroatoms. The molecule has 2 fully saturated rings. The van der Waals surface area contributed by atoms with Gasteiger partial charge in [-0.15, -0.1) is 0 Å². The van der Waals surface area contributed by atoms with Gasteiger partial charge in [-0.05, 0) is 18.2 Å². The van der Waals surface area contributed by atoms with Crippen molar-refractivity contribution in [3.05, 3.63) is 36.3 Å². The van der Waals surface area contributed by atoms with Gasteiger partial charge in [-0.3, -0.25) is 9.69 Å². The highest BCUT2D eigenvalue weighted by Gasteiger charge is 2.35. The van der Waals surface area contributed by atoms with E-state index >= 15 is 0 Å². The summed E-state index contributed by atoms with van der Waals surface area (Å²) in [5, 5.41) is 0. The quantitative estimate of drug-likeness (QED) is 0.817. The number of rotatable bonds is 4. The number of cyclic esters (lactones) is 1. The molecule has 0 aliphatic carbocycles. The van der Waals surface area contributed by atoms with Crippen molar-refractivity contribution >= 4 is 23.4 Å². The first-order valence-electron chi connectivity index (χ1n) is 8.68. The van der Waals surface area contributed by atoms with Crippen molar-refractivity contribution in [3.8, 4) is 0 Å². The van der Waals surface area contributed by atoms with E-state index in [0.717, 1.165) is 0 Å². The standard InChI is InChI=1S/C18H20FN3O4/c19-15-10-13(3-4-16(15)20-6-8-25-9-7-20)22-12-14(26-18(22)24)11-21-5-1-2-17(21)23/h1,3-5,10,14H,2,6-9,11-12H2. The zero-order chi connectivity index (χ0) is 18.1. The van der Waals surface area contributed by atoms with Gasteiger partial charge in [0.15, 0.2) is 0 Å². The maximum Gasteiger partial charge on any atom is 0.414 e. The third-order valence-electron chi connectivity index (χ3n) is 4.77. The van der Waals surface area contributed by atoms with Crippen molar-refractivity contribution in [2.75, 3.05) is 49.2 Å². The van der Waals surface area contributed by atoms with Crippen molar-refractivity contribution in [1.29, 1.82) is 0 Å². The SMILES string of the molecule is O=C1CC=CN1CC1CN(c2ccc(N3CCOCC3)c(F)c2)C(=O)O1. The molecule has 3 aliphatic rings. The Morgan fingerprint density at radius 1 is 1.19 bits per heavy atom. The number of carbonyl (C=O) groups is 2. The van der Waals surface area contributed by atoms with Crippen LogP contribution in [0, 0.1) is 5.82 Å². The second-order valence-electron chi connectivity index (χ2n) is 6.49. The van der Waals surface area contributed by atoms with E-state index in [4.69, 9.17) is 9.47 Å². The molecule has 7 nitrogen and oxygen atoms in total. The lowest BCUT2D eigenvalue weighted by Gasteiger charge is -2.29. The molecule has 0 spiro atoms. The van der Waals surface area contributed by atoms with Crippen molar-refractivity contribution < 1.29 is 23.5 Å². The average molecular weight is 361 g/mol. The largest absolute Gasteiger partial charge is 0.442 e. The summed E-state index contributed by atoms with van der Waals surface area (Å²) in [6.07, 6.45) is 2.89. The molecule has 1 atom stereocenters. The van der Waals surface area contributed by atoms with E-state index in [9.17, 15) is 14.0 Å². The number of hydrogen-bond acceptors (Lipinski definition) is 5. The van der Waals surface area contributed by atoms with Crippen LogP contribution in [0.15, 0.2) is 30.5 Å². The first-order chi connectivity index (χ1) is 12.6. The fourth-order valence-electron chi connectivity index (χ4n) is 3.42. The minimum Gasteiger partial charge on any atom is -0.442 e. The fraction of sp³-hybridized carbons (Fsp3) is 0.444. The number of nitrogens with zero attached hydrogens (tertiary/aromatic N) is 3. The molecule has 3 heterocycles. The summed E-state index contributed by atoms with van der Waals surface area (Å²) in [5.74, 6) is -0.390. The lowest BCUT2D eigenvalue weighted by atomic mass is 10.2. The number of amides is 2. The van der Waals surface area contributed by atoms with Gasteiger partial charge in [0.25, 0.3) is 0 Å². The number of halogens is 1. The number of hydrogen-bond donors (Lipinski definition) is 0. The molecule has 2 amide bonds. The Labute approximate surface area is 150 Å². The number of ether oxygens (including phenoxy) is 2. The summed E-state index contributed by atoms with van der Waals surface area (Å²) >= 11 is 0. The molecule has 1 aromatic carbocycles. The molecule has 0 radical (unpaired) electrons. The highest BCUT2D eigenvalue weighted by molar-refractivity contribution is 5.90. The van der Waals surface area contributed by atoms with Crippen LogP contribution in [0.2, 0.25) is 0 Å². The van der Waals surface area contributed by atoms with Gasteiger partial charge >= 0.3 is 6.09 Å². The third kappa shape index (κ3) is 3.24. The van der Waals surface area contributed by atoms with Gasteiger partial charge in [0, 0.05) is 25.7 Å². The van der Waals surface area contributed by atoms with Gasteiger partial charge in [0.2, 0.25) is 5.91 Å². The van der Waals surface area contributed by atoms with Crippen molar-refractivity contribution in [1.82, 2.24) is 4.90 Å². The minimum absolute atomic E-state index is 0.0135. The smallest absolute Gasteiger partial charge is 0.414 e. The second kappa shape index (κ2) is 6.95. The minimum atomic E-state index is -0.524. The van der Waals surface area contributed by atoms with Gasteiger partial charge in [-0.2, -0.15) is 0 Å². The molecular formula is C18H20FN3O4. The van der Waals surface area contributed by atoms with Gasteiger partial charge < -0.3 is 19.3 Å². The van der Waals surface area contributed by atoms with E-state index < -0.39 is 12.2 Å². The van der Waals surface area contributed by atoms with Crippen LogP contribution in [0.1, 0.15) is 6.42 Å². The van der Waals surface area contributed by atoms with Crippen LogP contribution in [0.3, 0.4) is 0 Å². The first kappa shape index (κ1) is 16.8. The summed E-state index contributed by atoms with van der Waals surface area (Å²) in [4.78, 5) is 28.7. The molecule has 26 heavy (non-hydrogen) atoms. The van der Waals surface area contributed by atoms with E-state index in [1.165, 1.54) is 11.0 Å². The summed E-state index contributed by atoms with van der Waals surface area (Å²) in [6, 6.07) is 4.76. The molecule has 1 aromatic rings. The number of carbonyl (C=O) groups excluding carboxylic acids is 2. The van der Waals surface area contributed by atoms with Gasteiger partial charge in [-0.1, -0.05) is 6.08 Å². The van der Waals surface area contributed by atoms with Crippen LogP contribution >= 0.6 is 0 Å². The summed E-state index contributed by atoms with van der Waals surface area (Å²) in [7, 11) is 0. The monoisotopic (exact) mass is 361 g/mol. The van der Waals surface area contributed by atoms with Crippen LogP contribution in [-0.2, 0) is 14.3 Å². The van der Waals surface area contributed by atoms with E-state index in [-0.39, 0.29) is 18.3 Å². The Morgan fingerprint density at radius 2 is 2.00 bits per heavy atom. The van der Waals surface area contributed by atoms with E-state index in [2.05, 4.69) is 0 Å². The molecule has 138 valence electrons. The summed E-state index contributed by atoms with van der Waals surface area (Å²) in [5.41, 5.74) is 0.962. The molecule has 0 aromatic heterocycles. The number of morpholine rings is 1. The van der Waals surface area contributed by atoms with Crippen molar-refractivity contribution in [3.63, 3.8) is 0 Å². The molecular weight excluding hydrogens is 341 g/mol. The number of anilines is 2. The molecule has 4 rings (SSSR count). The van der Waals surface area contributed by atoms with E-state index in [1.54, 1.807) is 29.3 Å². The first-order valence-corrected chi connectivity index (χ1v) is 8.68. The lowest BCUT2D eigenvalue weighted by molar-refractivity contribution is -0.127. The Hall–Kier alpha value is -2.61. The van der Waals surface area contributed by atoms with Gasteiger partial charge in [-0.25, -0.2) is 9.18 Å². The maximum atomic E-state index is 14.6. The average Bonchev–Trinajstić information content (AvgIpc) is 3.21. The molecule has 0 saturated carbocycles. The van der Waals surface area contributed by atoms with Crippen molar-refractivity contribution in [2.24, 2.45) is 0 Å². The molecule has 1 unspecified atom stereocenters. The zero-order valence-electron chi connectivity index (χ0n) is 14.3. The van der Waals surface area contributed by atoms with Crippen LogP contribution in [0.4, 0.5) is 20.6 Å². The third-order valence-corrected chi connectivity index (χ3v) is 4.77. The Bertz CT molecular complexity index is 748. The van der Waals surface area contributed by atoms with Gasteiger partial charge in [0.05, 0.1) is 37.7 Å². The van der Waals surface area contributed by atoms with Gasteiger partial charge in [0.1, 0.15) is 11.9 Å². The highest BCUT2D eigenvalue weighted by Crippen LogP contribution is 2.28. The van der Waals surface area contributed by atoms with E-state index in [0.29, 0.717) is 50.6 Å². The van der Waals surface area contributed by atoms with Crippen LogP contribution in [-0.4, -0.2) is 62.4 Å². The summed E-state index contributed by atoms with van der Waals surface area (Å²) in [6.45, 7) is 3.03. The summed E-state index contributed by atoms with van der Waals surface area (Å²) < 4.78 is 25.2. The topological polar surface area (TPSA) is 62.3 Å². The van der Waals surface area contributed by atoms with E-state index in [1.807, 2.05) is 4.90 Å². The number of benzene rings is 1. The Morgan fingerprint density at radius 3 is 2.69 bits per heavy atom. The maximum absolute atomic E-state index is 14.6. The van der Waals surface area contributed by atoms with Crippen LogP contribution in [0.25, 0.3) is 0 Å². The van der Waals surface area contributed by atoms with Crippen LogP contribution in [0.5, 0.6) is 0 Å². The normalized spacial score (nSPS) is 23.1. The molecule has 0 bridgehead atoms. The Kier molecular flexibility index (Phi) is 4.50. The lowest BCUT2D eigenvalue weighted by Crippen LogP contribution is -2.36. The molecule has 2 saturated heterocycles. The predicted molar refractivity (Wildman–Crippen MR) is 92.5 cm³/mol.